The van der Waals surface area contributed by atoms with Crippen molar-refractivity contribution in [2.24, 2.45) is 16.7 Å². The maximum Gasteiger partial charge on any atom is 0.308 e. The van der Waals surface area contributed by atoms with Gasteiger partial charge in [-0.3, -0.25) is 39.2 Å². The van der Waals surface area contributed by atoms with Crippen LogP contribution in [0.4, 0.5) is 0 Å². The molecule has 0 heterocycles. The topological polar surface area (TPSA) is 165 Å². The molecule has 0 spiro atoms. The third-order valence-electron chi connectivity index (χ3n) is 10.7. The van der Waals surface area contributed by atoms with Crippen molar-refractivity contribution in [3.63, 3.8) is 0 Å². The highest BCUT2D eigenvalue weighted by Crippen LogP contribution is 2.34. The lowest BCUT2D eigenvalue weighted by molar-refractivity contribution is -0.132. The number of esters is 2. The first-order valence-electron chi connectivity index (χ1n) is 21.9. The zero-order valence-corrected chi connectivity index (χ0v) is 45.6. The molecular formula is C52H67Br2ClN4O8. The van der Waals surface area contributed by atoms with E-state index in [-0.39, 0.29) is 40.5 Å². The van der Waals surface area contributed by atoms with E-state index in [1.165, 1.54) is 23.9 Å². The first-order chi connectivity index (χ1) is 30.8. The predicted octanol–water partition coefficient (Wildman–Crippen LogP) is 12.4. The first kappa shape index (κ1) is 58.2. The lowest BCUT2D eigenvalue weighted by atomic mass is 9.84. The number of nitrogens with zero attached hydrogens (tertiary/aromatic N) is 2. The van der Waals surface area contributed by atoms with Crippen molar-refractivity contribution in [2.45, 2.75) is 136 Å². The van der Waals surface area contributed by atoms with E-state index >= 15 is 0 Å². The van der Waals surface area contributed by atoms with Crippen LogP contribution >= 0.6 is 43.5 Å². The van der Waals surface area contributed by atoms with Gasteiger partial charge in [-0.2, -0.15) is 0 Å². The molecule has 15 heteroatoms. The van der Waals surface area contributed by atoms with Crippen LogP contribution in [0.3, 0.4) is 0 Å². The Kier molecular flexibility index (Phi) is 21.7. The molecule has 0 fully saturated rings. The van der Waals surface area contributed by atoms with E-state index in [0.717, 1.165) is 28.7 Å². The number of hydrogen-bond acceptors (Lipinski definition) is 9. The van der Waals surface area contributed by atoms with Gasteiger partial charge in [-0.15, -0.1) is 0 Å². The molecule has 4 rings (SSSR count). The Morgan fingerprint density at radius 1 is 0.612 bits per heavy atom. The van der Waals surface area contributed by atoms with Crippen molar-refractivity contribution in [2.75, 3.05) is 0 Å². The average molecular weight is 1070 g/mol. The zero-order chi connectivity index (χ0) is 51.5. The first-order valence-corrected chi connectivity index (χ1v) is 23.9. The summed E-state index contributed by atoms with van der Waals surface area (Å²) in [5.41, 5.74) is 9.54. The molecule has 3 N–H and O–H groups in total. The zero-order valence-electron chi connectivity index (χ0n) is 41.7. The highest BCUT2D eigenvalue weighted by atomic mass is 79.9. The van der Waals surface area contributed by atoms with Crippen LogP contribution in [0.5, 0.6) is 11.5 Å². The van der Waals surface area contributed by atoms with Crippen LogP contribution in [0.1, 0.15) is 157 Å². The Morgan fingerprint density at radius 2 is 0.970 bits per heavy atom. The van der Waals surface area contributed by atoms with Gasteiger partial charge in [-0.05, 0) is 157 Å². The van der Waals surface area contributed by atoms with Gasteiger partial charge in [-0.25, -0.2) is 10.9 Å². The lowest BCUT2D eigenvalue weighted by Gasteiger charge is -2.39. The van der Waals surface area contributed by atoms with Gasteiger partial charge in [0.25, 0.3) is 23.0 Å². The van der Waals surface area contributed by atoms with Gasteiger partial charge in [0.05, 0.1) is 21.0 Å². The van der Waals surface area contributed by atoms with Crippen LogP contribution in [0.2, 0.25) is 0 Å². The van der Waals surface area contributed by atoms with Crippen molar-refractivity contribution in [3.05, 3.63) is 125 Å². The van der Waals surface area contributed by atoms with Gasteiger partial charge in [-0.1, -0.05) is 89.8 Å². The van der Waals surface area contributed by atoms with E-state index < -0.39 is 23.1 Å². The Hall–Kier alpha value is -4.89. The molecule has 0 saturated carbocycles. The third-order valence-corrected chi connectivity index (χ3v) is 12.1. The van der Waals surface area contributed by atoms with Crippen molar-refractivity contribution >= 4 is 78.4 Å². The molecule has 0 aliphatic heterocycles. The molecule has 0 unspecified atom stereocenters. The van der Waals surface area contributed by atoms with Gasteiger partial charge in [0.1, 0.15) is 11.5 Å². The SMILES string of the molecule is CC(=O)Oc1c(Br)ccc(C(=O)Cl)c1C.CC[C@@H](N(N)C(=O)c1cc(C)cc(C)c1)C(C)(C)C.CC[C@@H](N(NC(=O)c1ccc(Br)c(OC(C)=O)c1C)C(=O)c1cc(C)cc(C)c1)C(C)(C)C. The fraction of sp³-hybridized carbons (Fsp3) is 0.423. The number of nitrogens with two attached hydrogens (primary N) is 1. The number of nitrogens with one attached hydrogen (secondary N) is 1. The largest absolute Gasteiger partial charge is 0.425 e. The van der Waals surface area contributed by atoms with E-state index in [4.69, 9.17) is 26.9 Å². The molecule has 0 radical (unpaired) electrons. The van der Waals surface area contributed by atoms with Crippen LogP contribution in [0.15, 0.2) is 69.6 Å². The second kappa shape index (κ2) is 24.9. The van der Waals surface area contributed by atoms with Crippen molar-refractivity contribution in [3.8, 4) is 11.5 Å². The smallest absolute Gasteiger partial charge is 0.308 e. The number of carbonyl (C=O) groups is 6. The molecule has 4 aromatic carbocycles. The Morgan fingerprint density at radius 3 is 1.31 bits per heavy atom. The summed E-state index contributed by atoms with van der Waals surface area (Å²) in [7, 11) is 0. The number of carbonyl (C=O) groups excluding carboxylic acids is 6. The Labute approximate surface area is 418 Å². The molecule has 2 atom stereocenters. The molecule has 3 amide bonds. The summed E-state index contributed by atoms with van der Waals surface area (Å²) in [5.74, 6) is 4.93. The molecule has 0 aliphatic rings. The highest BCUT2D eigenvalue weighted by molar-refractivity contribution is 9.11. The summed E-state index contributed by atoms with van der Waals surface area (Å²) < 4.78 is 11.4. The number of benzene rings is 4. The quantitative estimate of drug-likeness (QED) is 0.0393. The number of hydrogen-bond donors (Lipinski definition) is 2. The number of ether oxygens (including phenoxy) is 2. The molecule has 0 saturated heterocycles. The minimum absolute atomic E-state index is 0.0285. The van der Waals surface area contributed by atoms with E-state index in [2.05, 4.69) is 71.0 Å². The van der Waals surface area contributed by atoms with Crippen LogP contribution < -0.4 is 20.7 Å². The fourth-order valence-electron chi connectivity index (χ4n) is 7.79. The van der Waals surface area contributed by atoms with Gasteiger partial charge >= 0.3 is 11.9 Å². The number of halogens is 3. The summed E-state index contributed by atoms with van der Waals surface area (Å²) in [4.78, 5) is 72.9. The summed E-state index contributed by atoms with van der Waals surface area (Å²) in [6.45, 7) is 30.3. The lowest BCUT2D eigenvalue weighted by Crippen LogP contribution is -2.56. The number of aryl methyl sites for hydroxylation is 4. The van der Waals surface area contributed by atoms with Crippen molar-refractivity contribution in [1.82, 2.24) is 15.4 Å². The summed E-state index contributed by atoms with van der Waals surface area (Å²) in [6, 6.07) is 17.7. The molecule has 0 aliphatic carbocycles. The van der Waals surface area contributed by atoms with Crippen LogP contribution in [-0.4, -0.2) is 57.0 Å². The molecule has 364 valence electrons. The van der Waals surface area contributed by atoms with Crippen LogP contribution in [-0.2, 0) is 9.59 Å². The van der Waals surface area contributed by atoms with E-state index in [1.54, 1.807) is 38.1 Å². The van der Waals surface area contributed by atoms with Gasteiger partial charge in [0.2, 0.25) is 0 Å². The molecular weight excluding hydrogens is 1000 g/mol. The monoisotopic (exact) mass is 1070 g/mol. The molecule has 12 nitrogen and oxygen atoms in total. The van der Waals surface area contributed by atoms with Crippen molar-refractivity contribution in [1.29, 1.82) is 0 Å². The third kappa shape index (κ3) is 16.7. The maximum atomic E-state index is 13.6. The summed E-state index contributed by atoms with van der Waals surface area (Å²) in [6.07, 6.45) is 1.49. The van der Waals surface area contributed by atoms with Gasteiger partial charge < -0.3 is 9.47 Å². The van der Waals surface area contributed by atoms with Crippen molar-refractivity contribution < 1.29 is 38.2 Å². The molecule has 0 aromatic heterocycles. The van der Waals surface area contributed by atoms with Gasteiger partial charge in [0.15, 0.2) is 0 Å². The summed E-state index contributed by atoms with van der Waals surface area (Å²) in [5, 5.41) is 2.27. The fourth-order valence-corrected chi connectivity index (χ4v) is 9.01. The second-order valence-electron chi connectivity index (χ2n) is 18.7. The van der Waals surface area contributed by atoms with Crippen LogP contribution in [0, 0.1) is 52.4 Å². The Bertz CT molecular complexity index is 2440. The molecule has 0 bridgehead atoms. The average Bonchev–Trinajstić information content (AvgIpc) is 3.19. The maximum absolute atomic E-state index is 13.6. The number of hydrazine groups is 2. The second-order valence-corrected chi connectivity index (χ2v) is 20.8. The number of amides is 3. The van der Waals surface area contributed by atoms with E-state index in [1.807, 2.05) is 85.7 Å². The highest BCUT2D eigenvalue weighted by Gasteiger charge is 2.35. The van der Waals surface area contributed by atoms with E-state index in [9.17, 15) is 28.8 Å². The minimum atomic E-state index is -0.576. The molecule has 67 heavy (non-hydrogen) atoms. The standard InChI is InChI=1S/C26H33BrN2O4.C16H26N2O.C10H8BrClO3/c1-9-22(26(6,7)8)29(25(32)19-13-15(2)12-16(3)14-19)28-24(31)20-10-11-21(27)23(17(20)4)33-18(5)30;1-7-14(16(4,5)6)18(17)15(19)13-9-11(2)8-12(3)10-13;1-5-7(10(12)14)3-4-8(11)9(5)15-6(2)13/h10-14,22H,9H2,1-8H3,(H,28,31);8-10,14H,7,17H2,1-6H3;3-4H,1-2H3/t22-;14-;/m11./s1. The summed E-state index contributed by atoms with van der Waals surface area (Å²) >= 11 is 12.0. The Balaban J connectivity index is 0.000000382. The normalized spacial score (nSPS) is 11.9. The molecule has 4 aromatic rings. The minimum Gasteiger partial charge on any atom is -0.425 e. The van der Waals surface area contributed by atoms with Crippen LogP contribution in [0.25, 0.3) is 0 Å². The van der Waals surface area contributed by atoms with Gasteiger partial charge in [0, 0.05) is 47.2 Å². The number of rotatable bonds is 10. The predicted molar refractivity (Wildman–Crippen MR) is 273 cm³/mol. The van der Waals surface area contributed by atoms with E-state index in [0.29, 0.717) is 54.5 Å².